The van der Waals surface area contributed by atoms with Gasteiger partial charge in [0.25, 0.3) is 0 Å². The van der Waals surface area contributed by atoms with Crippen LogP contribution in [-0.4, -0.2) is 28.0 Å². The molecule has 1 heterocycles. The van der Waals surface area contributed by atoms with Crippen LogP contribution in [-0.2, 0) is 17.8 Å². The Balaban J connectivity index is 2.50. The highest BCUT2D eigenvalue weighted by Gasteiger charge is 2.11. The van der Waals surface area contributed by atoms with E-state index in [-0.39, 0.29) is 11.6 Å². The van der Waals surface area contributed by atoms with Gasteiger partial charge in [0.1, 0.15) is 0 Å². The van der Waals surface area contributed by atoms with E-state index in [1.807, 2.05) is 10.9 Å². The number of rotatable bonds is 6. The van der Waals surface area contributed by atoms with E-state index in [0.29, 0.717) is 6.61 Å². The Bertz CT molecular complexity index is 364. The van der Waals surface area contributed by atoms with Crippen molar-refractivity contribution < 1.29 is 4.74 Å². The molecule has 0 bridgehead atoms. The first kappa shape index (κ1) is 15.2. The van der Waals surface area contributed by atoms with Gasteiger partial charge in [0, 0.05) is 23.3 Å². The number of nitrogens with zero attached hydrogens (tertiary/aromatic N) is 2. The van der Waals surface area contributed by atoms with Crippen molar-refractivity contribution in [1.29, 1.82) is 0 Å². The molecule has 0 aliphatic carbocycles. The summed E-state index contributed by atoms with van der Waals surface area (Å²) in [7, 11) is 0. The Hall–Kier alpha value is -0.870. The summed E-state index contributed by atoms with van der Waals surface area (Å²) < 4.78 is 7.56. The summed E-state index contributed by atoms with van der Waals surface area (Å²) in [6.45, 7) is 15.1. The lowest BCUT2D eigenvalue weighted by Gasteiger charge is -2.20. The molecule has 1 aromatic heterocycles. The highest BCUT2D eigenvalue weighted by atomic mass is 16.5. The van der Waals surface area contributed by atoms with Gasteiger partial charge in [0.2, 0.25) is 0 Å². The maximum Gasteiger partial charge on any atom is 0.0666 e. The molecule has 4 nitrogen and oxygen atoms in total. The standard InChI is InChI=1S/C14H27N3O/c1-11(2)18-8-7-17-12(3)13(10-16-17)9-15-14(4,5)6/h10-11,15H,7-9H2,1-6H3. The Morgan fingerprint density at radius 1 is 1.39 bits per heavy atom. The molecule has 18 heavy (non-hydrogen) atoms. The molecule has 0 aliphatic heterocycles. The molecule has 1 aromatic rings. The van der Waals surface area contributed by atoms with Crippen LogP contribution in [0.15, 0.2) is 6.20 Å². The van der Waals surface area contributed by atoms with Gasteiger partial charge in [-0.1, -0.05) is 0 Å². The van der Waals surface area contributed by atoms with E-state index >= 15 is 0 Å². The van der Waals surface area contributed by atoms with Gasteiger partial charge in [-0.2, -0.15) is 5.10 Å². The van der Waals surface area contributed by atoms with Crippen LogP contribution in [0.2, 0.25) is 0 Å². The van der Waals surface area contributed by atoms with Crippen molar-refractivity contribution in [2.24, 2.45) is 0 Å². The molecule has 0 radical (unpaired) electrons. The summed E-state index contributed by atoms with van der Waals surface area (Å²) in [4.78, 5) is 0. The minimum atomic E-state index is 0.134. The molecule has 0 amide bonds. The van der Waals surface area contributed by atoms with Gasteiger partial charge < -0.3 is 10.1 Å². The van der Waals surface area contributed by atoms with Gasteiger partial charge in [-0.25, -0.2) is 0 Å². The summed E-state index contributed by atoms with van der Waals surface area (Å²) in [5.41, 5.74) is 2.61. The molecule has 0 aromatic carbocycles. The summed E-state index contributed by atoms with van der Waals surface area (Å²) in [5.74, 6) is 0. The second-order valence-corrected chi connectivity index (χ2v) is 6.00. The van der Waals surface area contributed by atoms with Crippen molar-refractivity contribution in [3.05, 3.63) is 17.5 Å². The number of nitrogens with one attached hydrogen (secondary N) is 1. The summed E-state index contributed by atoms with van der Waals surface area (Å²) in [5, 5.41) is 7.89. The topological polar surface area (TPSA) is 39.1 Å². The van der Waals surface area contributed by atoms with Crippen LogP contribution in [0.5, 0.6) is 0 Å². The fourth-order valence-corrected chi connectivity index (χ4v) is 1.62. The molecule has 0 unspecified atom stereocenters. The minimum Gasteiger partial charge on any atom is -0.377 e. The zero-order valence-corrected chi connectivity index (χ0v) is 12.6. The first-order valence-electron chi connectivity index (χ1n) is 6.67. The van der Waals surface area contributed by atoms with Crippen molar-refractivity contribution in [3.63, 3.8) is 0 Å². The molecule has 0 spiro atoms. The molecule has 1 N–H and O–H groups in total. The molecule has 0 aliphatic rings. The van der Waals surface area contributed by atoms with E-state index in [4.69, 9.17) is 4.74 Å². The van der Waals surface area contributed by atoms with Crippen LogP contribution in [0, 0.1) is 6.92 Å². The number of hydrogen-bond donors (Lipinski definition) is 1. The van der Waals surface area contributed by atoms with Crippen LogP contribution in [0.25, 0.3) is 0 Å². The Kier molecular flexibility index (Phi) is 5.35. The van der Waals surface area contributed by atoms with Crippen molar-refractivity contribution in [2.45, 2.75) is 66.3 Å². The van der Waals surface area contributed by atoms with Crippen LogP contribution < -0.4 is 5.32 Å². The number of aromatic nitrogens is 2. The fourth-order valence-electron chi connectivity index (χ4n) is 1.62. The molecule has 104 valence electrons. The number of hydrogen-bond acceptors (Lipinski definition) is 3. The van der Waals surface area contributed by atoms with E-state index < -0.39 is 0 Å². The third-order valence-corrected chi connectivity index (χ3v) is 2.77. The second-order valence-electron chi connectivity index (χ2n) is 6.00. The smallest absolute Gasteiger partial charge is 0.0666 e. The first-order valence-corrected chi connectivity index (χ1v) is 6.67. The fraction of sp³-hybridized carbons (Fsp3) is 0.786. The van der Waals surface area contributed by atoms with Gasteiger partial charge in [-0.15, -0.1) is 0 Å². The summed E-state index contributed by atoms with van der Waals surface area (Å²) >= 11 is 0. The summed E-state index contributed by atoms with van der Waals surface area (Å²) in [6, 6.07) is 0. The highest BCUT2D eigenvalue weighted by molar-refractivity contribution is 5.16. The molecule has 0 saturated heterocycles. The molecule has 4 heteroatoms. The Morgan fingerprint density at radius 3 is 2.61 bits per heavy atom. The predicted octanol–water partition coefficient (Wildman–Crippen LogP) is 2.50. The second kappa shape index (κ2) is 6.34. The predicted molar refractivity (Wildman–Crippen MR) is 74.6 cm³/mol. The van der Waals surface area contributed by atoms with Crippen molar-refractivity contribution >= 4 is 0 Å². The zero-order valence-electron chi connectivity index (χ0n) is 12.6. The maximum absolute atomic E-state index is 5.55. The summed E-state index contributed by atoms with van der Waals surface area (Å²) in [6.07, 6.45) is 2.23. The highest BCUT2D eigenvalue weighted by Crippen LogP contribution is 2.09. The van der Waals surface area contributed by atoms with Crippen LogP contribution in [0.4, 0.5) is 0 Å². The SMILES string of the molecule is Cc1c(CNC(C)(C)C)cnn1CCOC(C)C. The van der Waals surface area contributed by atoms with Crippen molar-refractivity contribution in [3.8, 4) is 0 Å². The van der Waals surface area contributed by atoms with E-state index in [9.17, 15) is 0 Å². The maximum atomic E-state index is 5.55. The monoisotopic (exact) mass is 253 g/mol. The van der Waals surface area contributed by atoms with E-state index in [0.717, 1.165) is 13.1 Å². The van der Waals surface area contributed by atoms with Gasteiger partial charge in [-0.05, 0) is 41.5 Å². The first-order chi connectivity index (χ1) is 8.29. The average molecular weight is 253 g/mol. The zero-order chi connectivity index (χ0) is 13.8. The van der Waals surface area contributed by atoms with E-state index in [1.165, 1.54) is 11.3 Å². The van der Waals surface area contributed by atoms with E-state index in [1.54, 1.807) is 0 Å². The molecule has 0 fully saturated rings. The lowest BCUT2D eigenvalue weighted by Crippen LogP contribution is -2.35. The van der Waals surface area contributed by atoms with Gasteiger partial charge in [0.15, 0.2) is 0 Å². The van der Waals surface area contributed by atoms with Crippen LogP contribution >= 0.6 is 0 Å². The Morgan fingerprint density at radius 2 is 2.06 bits per heavy atom. The molecule has 0 saturated carbocycles. The minimum absolute atomic E-state index is 0.134. The molecular weight excluding hydrogens is 226 g/mol. The van der Waals surface area contributed by atoms with Gasteiger partial charge >= 0.3 is 0 Å². The van der Waals surface area contributed by atoms with Crippen LogP contribution in [0.3, 0.4) is 0 Å². The quantitative estimate of drug-likeness (QED) is 0.846. The molecular formula is C14H27N3O. The van der Waals surface area contributed by atoms with Gasteiger partial charge in [-0.3, -0.25) is 4.68 Å². The molecule has 1 rings (SSSR count). The third kappa shape index (κ3) is 5.19. The van der Waals surface area contributed by atoms with Crippen LogP contribution in [0.1, 0.15) is 45.9 Å². The lowest BCUT2D eigenvalue weighted by atomic mass is 10.1. The Labute approximate surface area is 111 Å². The third-order valence-electron chi connectivity index (χ3n) is 2.77. The normalized spacial score (nSPS) is 12.4. The van der Waals surface area contributed by atoms with E-state index in [2.05, 4.69) is 52.0 Å². The van der Waals surface area contributed by atoms with Crippen molar-refractivity contribution in [2.75, 3.05) is 6.61 Å². The van der Waals surface area contributed by atoms with Crippen molar-refractivity contribution in [1.82, 2.24) is 15.1 Å². The average Bonchev–Trinajstić information content (AvgIpc) is 2.56. The largest absolute Gasteiger partial charge is 0.377 e. The lowest BCUT2D eigenvalue weighted by molar-refractivity contribution is 0.0706. The molecule has 0 atom stereocenters. The number of ether oxygens (including phenoxy) is 1. The van der Waals surface area contributed by atoms with Gasteiger partial charge in [0.05, 0.1) is 25.5 Å².